The van der Waals surface area contributed by atoms with Crippen molar-refractivity contribution in [1.82, 2.24) is 14.6 Å². The summed E-state index contributed by atoms with van der Waals surface area (Å²) < 4.78 is 3.23. The van der Waals surface area contributed by atoms with E-state index in [-0.39, 0.29) is 11.2 Å². The van der Waals surface area contributed by atoms with E-state index in [1.54, 1.807) is 17.7 Å². The lowest BCUT2D eigenvalue weighted by atomic mass is 10.2. The van der Waals surface area contributed by atoms with Crippen molar-refractivity contribution >= 4 is 50.4 Å². The minimum atomic E-state index is -0.233. The second-order valence-electron chi connectivity index (χ2n) is 6.02. The van der Waals surface area contributed by atoms with Crippen molar-refractivity contribution in [3.05, 3.63) is 53.7 Å². The van der Waals surface area contributed by atoms with Gasteiger partial charge in [0.1, 0.15) is 11.4 Å². The van der Waals surface area contributed by atoms with Crippen molar-refractivity contribution in [1.29, 1.82) is 0 Å². The quantitative estimate of drug-likeness (QED) is 0.506. The molecule has 0 bridgehead atoms. The molecule has 0 aliphatic carbocycles. The monoisotopic (exact) mass is 382 g/mol. The van der Waals surface area contributed by atoms with E-state index < -0.39 is 0 Å². The van der Waals surface area contributed by atoms with Crippen LogP contribution in [0.5, 0.6) is 0 Å². The first-order valence-electron chi connectivity index (χ1n) is 8.40. The summed E-state index contributed by atoms with van der Waals surface area (Å²) in [7, 11) is 0. The van der Waals surface area contributed by atoms with Crippen LogP contribution in [0.15, 0.2) is 53.1 Å². The highest BCUT2D eigenvalue weighted by molar-refractivity contribution is 8.00. The van der Waals surface area contributed by atoms with Crippen LogP contribution in [0.1, 0.15) is 18.9 Å². The smallest absolute Gasteiger partial charge is 0.237 e. The van der Waals surface area contributed by atoms with Crippen molar-refractivity contribution in [3.8, 4) is 0 Å². The molecule has 4 rings (SSSR count). The molecule has 0 spiro atoms. The number of aromatic nitrogens is 3. The molecular formula is C19H18N4OS2. The summed E-state index contributed by atoms with van der Waals surface area (Å²) in [5.74, 6) is -0.0102. The van der Waals surface area contributed by atoms with Crippen LogP contribution in [0.25, 0.3) is 15.7 Å². The summed E-state index contributed by atoms with van der Waals surface area (Å²) in [5, 5.41) is 14.1. The number of carbonyl (C=O) groups excluding carboxylic acids is 1. The molecule has 1 atom stereocenters. The van der Waals surface area contributed by atoms with Crippen molar-refractivity contribution in [3.63, 3.8) is 0 Å². The van der Waals surface area contributed by atoms with Crippen LogP contribution in [0.2, 0.25) is 0 Å². The second-order valence-corrected chi connectivity index (χ2v) is 8.16. The SMILES string of the molecule is CCC(Sc1nncn2c1cc1sccc12)C(=O)Nc1ccccc1C. The van der Waals surface area contributed by atoms with Gasteiger partial charge in [-0.15, -0.1) is 21.5 Å². The van der Waals surface area contributed by atoms with E-state index >= 15 is 0 Å². The molecule has 3 aromatic heterocycles. The molecule has 4 aromatic rings. The van der Waals surface area contributed by atoms with Gasteiger partial charge in [-0.05, 0) is 42.5 Å². The van der Waals surface area contributed by atoms with Crippen LogP contribution in [-0.4, -0.2) is 25.8 Å². The molecule has 1 amide bonds. The zero-order valence-electron chi connectivity index (χ0n) is 14.5. The summed E-state index contributed by atoms with van der Waals surface area (Å²) in [6, 6.07) is 12.0. The number of thioether (sulfide) groups is 1. The number of rotatable bonds is 5. The maximum Gasteiger partial charge on any atom is 0.237 e. The topological polar surface area (TPSA) is 59.3 Å². The number of fused-ring (bicyclic) bond motifs is 3. The number of hydrogen-bond donors (Lipinski definition) is 1. The third kappa shape index (κ3) is 3.08. The summed E-state index contributed by atoms with van der Waals surface area (Å²) in [5.41, 5.74) is 4.02. The fraction of sp³-hybridized carbons (Fsp3) is 0.211. The molecule has 1 aromatic carbocycles. The Morgan fingerprint density at radius 1 is 1.31 bits per heavy atom. The number of benzene rings is 1. The van der Waals surface area contributed by atoms with E-state index in [0.717, 1.165) is 27.3 Å². The van der Waals surface area contributed by atoms with E-state index in [9.17, 15) is 4.79 Å². The molecule has 0 saturated heterocycles. The fourth-order valence-corrected chi connectivity index (χ4v) is 4.67. The van der Waals surface area contributed by atoms with Gasteiger partial charge in [0.15, 0.2) is 0 Å². The van der Waals surface area contributed by atoms with Crippen molar-refractivity contribution in [2.45, 2.75) is 30.5 Å². The van der Waals surface area contributed by atoms with E-state index in [0.29, 0.717) is 6.42 Å². The summed E-state index contributed by atoms with van der Waals surface area (Å²) >= 11 is 3.16. The Bertz CT molecular complexity index is 1090. The van der Waals surface area contributed by atoms with Crippen LogP contribution in [0.4, 0.5) is 5.69 Å². The third-order valence-electron chi connectivity index (χ3n) is 4.32. The van der Waals surface area contributed by atoms with Gasteiger partial charge in [0.25, 0.3) is 0 Å². The predicted molar refractivity (Wildman–Crippen MR) is 108 cm³/mol. The molecule has 3 heterocycles. The lowest BCUT2D eigenvalue weighted by Crippen LogP contribution is -2.25. The molecule has 0 saturated carbocycles. The van der Waals surface area contributed by atoms with Gasteiger partial charge in [0, 0.05) is 5.69 Å². The average molecular weight is 383 g/mol. The van der Waals surface area contributed by atoms with Crippen molar-refractivity contribution in [2.24, 2.45) is 0 Å². The van der Waals surface area contributed by atoms with Gasteiger partial charge in [0.05, 0.1) is 21.0 Å². The third-order valence-corrected chi connectivity index (χ3v) is 6.51. The fourth-order valence-electron chi connectivity index (χ4n) is 2.88. The van der Waals surface area contributed by atoms with Crippen LogP contribution in [0.3, 0.4) is 0 Å². The van der Waals surface area contributed by atoms with Crippen LogP contribution in [-0.2, 0) is 4.79 Å². The van der Waals surface area contributed by atoms with E-state index in [1.807, 2.05) is 42.5 Å². The Hall–Kier alpha value is -2.38. The largest absolute Gasteiger partial charge is 0.325 e. The van der Waals surface area contributed by atoms with Gasteiger partial charge in [-0.25, -0.2) is 0 Å². The van der Waals surface area contributed by atoms with Crippen LogP contribution >= 0.6 is 23.1 Å². The number of anilines is 1. The van der Waals surface area contributed by atoms with E-state index in [1.165, 1.54) is 16.5 Å². The standard InChI is InChI=1S/C19H18N4OS2/c1-3-16(18(24)21-13-7-5-4-6-12(13)2)26-19-15-10-17-14(8-9-25-17)23(15)11-20-22-19/h4-11,16H,3H2,1-2H3,(H,21,24). The highest BCUT2D eigenvalue weighted by atomic mass is 32.2. The summed E-state index contributed by atoms with van der Waals surface area (Å²) in [6.45, 7) is 4.00. The molecule has 26 heavy (non-hydrogen) atoms. The average Bonchev–Trinajstić information content (AvgIpc) is 3.23. The Kier molecular flexibility index (Phi) is 4.65. The predicted octanol–water partition coefficient (Wildman–Crippen LogP) is 4.76. The van der Waals surface area contributed by atoms with Crippen molar-refractivity contribution < 1.29 is 4.79 Å². The molecule has 132 valence electrons. The maximum atomic E-state index is 12.8. The Morgan fingerprint density at radius 3 is 2.96 bits per heavy atom. The zero-order chi connectivity index (χ0) is 18.1. The van der Waals surface area contributed by atoms with E-state index in [4.69, 9.17) is 0 Å². The van der Waals surface area contributed by atoms with Gasteiger partial charge in [-0.1, -0.05) is 36.9 Å². The first-order chi connectivity index (χ1) is 12.7. The molecule has 1 N–H and O–H groups in total. The van der Waals surface area contributed by atoms with Crippen LogP contribution < -0.4 is 5.32 Å². The lowest BCUT2D eigenvalue weighted by molar-refractivity contribution is -0.115. The van der Waals surface area contributed by atoms with Gasteiger partial charge in [-0.3, -0.25) is 9.20 Å². The molecule has 1 unspecified atom stereocenters. The minimum absolute atomic E-state index is 0.0102. The van der Waals surface area contributed by atoms with Gasteiger partial charge in [0.2, 0.25) is 5.91 Å². The Morgan fingerprint density at radius 2 is 2.15 bits per heavy atom. The normalized spacial score (nSPS) is 12.5. The Labute approximate surface area is 159 Å². The van der Waals surface area contributed by atoms with E-state index in [2.05, 4.69) is 33.0 Å². The number of thiophene rings is 1. The van der Waals surface area contributed by atoms with Gasteiger partial charge < -0.3 is 5.32 Å². The number of nitrogens with one attached hydrogen (secondary N) is 1. The first-order valence-corrected chi connectivity index (χ1v) is 10.2. The highest BCUT2D eigenvalue weighted by Gasteiger charge is 2.21. The summed E-state index contributed by atoms with van der Waals surface area (Å²) in [4.78, 5) is 12.8. The van der Waals surface area contributed by atoms with Gasteiger partial charge >= 0.3 is 0 Å². The number of amides is 1. The van der Waals surface area contributed by atoms with Crippen molar-refractivity contribution in [2.75, 3.05) is 5.32 Å². The molecular weight excluding hydrogens is 364 g/mol. The molecule has 0 radical (unpaired) electrons. The van der Waals surface area contributed by atoms with Crippen LogP contribution in [0, 0.1) is 6.92 Å². The van der Waals surface area contributed by atoms with Gasteiger partial charge in [-0.2, -0.15) is 0 Å². The number of carbonyl (C=O) groups is 1. The number of hydrogen-bond acceptors (Lipinski definition) is 5. The molecule has 0 fully saturated rings. The number of para-hydroxylation sites is 1. The number of aryl methyl sites for hydroxylation is 1. The highest BCUT2D eigenvalue weighted by Crippen LogP contribution is 2.32. The number of nitrogens with zero attached hydrogens (tertiary/aromatic N) is 3. The lowest BCUT2D eigenvalue weighted by Gasteiger charge is -2.15. The Balaban J connectivity index is 1.61. The molecule has 0 aliphatic rings. The zero-order valence-corrected chi connectivity index (χ0v) is 16.1. The first kappa shape index (κ1) is 17.1. The summed E-state index contributed by atoms with van der Waals surface area (Å²) in [6.07, 6.45) is 2.43. The second kappa shape index (κ2) is 7.09. The molecule has 7 heteroatoms. The molecule has 0 aliphatic heterocycles. The maximum absolute atomic E-state index is 12.8. The molecule has 5 nitrogen and oxygen atoms in total. The minimum Gasteiger partial charge on any atom is -0.325 e.